The van der Waals surface area contributed by atoms with Gasteiger partial charge in [0.05, 0.1) is 18.6 Å². The Morgan fingerprint density at radius 1 is 1.42 bits per heavy atom. The number of nitrogens with one attached hydrogen (secondary N) is 1. The first-order chi connectivity index (χ1) is 9.13. The number of benzene rings is 1. The first-order valence-electron chi connectivity index (χ1n) is 6.89. The number of nitrogens with zero attached hydrogens (tertiary/aromatic N) is 1. The van der Waals surface area contributed by atoms with Crippen molar-refractivity contribution in [2.45, 2.75) is 18.4 Å². The molecule has 0 bridgehead atoms. The first-order valence-corrected chi connectivity index (χ1v) is 6.89. The Balaban J connectivity index is 1.95. The molecule has 0 aromatic heterocycles. The monoisotopic (exact) mass is 264 g/mol. The largest absolute Gasteiger partial charge is 0.379 e. The minimum absolute atomic E-state index is 0.0145. The maximum atomic E-state index is 13.5. The van der Waals surface area contributed by atoms with Gasteiger partial charge in [-0.2, -0.15) is 0 Å². The van der Waals surface area contributed by atoms with Crippen LogP contribution in [0.2, 0.25) is 0 Å². The van der Waals surface area contributed by atoms with Gasteiger partial charge in [-0.1, -0.05) is 12.1 Å². The number of likely N-dealkylation sites (N-methyl/N-ethyl adjacent to an activating group) is 1. The zero-order valence-electron chi connectivity index (χ0n) is 11.6. The van der Waals surface area contributed by atoms with Crippen molar-refractivity contribution in [2.75, 3.05) is 39.9 Å². The van der Waals surface area contributed by atoms with E-state index in [9.17, 15) is 4.39 Å². The van der Waals surface area contributed by atoms with Gasteiger partial charge in [0.15, 0.2) is 0 Å². The molecular formula is C15H21FN2O. The van der Waals surface area contributed by atoms with E-state index in [1.807, 2.05) is 19.1 Å². The zero-order chi connectivity index (χ0) is 13.5. The van der Waals surface area contributed by atoms with Crippen molar-refractivity contribution in [2.24, 2.45) is 0 Å². The third kappa shape index (κ3) is 2.08. The summed E-state index contributed by atoms with van der Waals surface area (Å²) in [5.74, 6) is -0.130. The van der Waals surface area contributed by atoms with E-state index in [4.69, 9.17) is 4.74 Å². The Morgan fingerprint density at radius 3 is 2.79 bits per heavy atom. The molecule has 4 heteroatoms. The molecule has 0 amide bonds. The van der Waals surface area contributed by atoms with Crippen LogP contribution in [0.15, 0.2) is 18.2 Å². The third-order valence-corrected chi connectivity index (χ3v) is 4.60. The van der Waals surface area contributed by atoms with Crippen LogP contribution in [0.4, 0.5) is 4.39 Å². The molecular weight excluding hydrogens is 243 g/mol. The van der Waals surface area contributed by atoms with Crippen molar-refractivity contribution in [3.8, 4) is 0 Å². The normalized spacial score (nSPS) is 27.0. The summed E-state index contributed by atoms with van der Waals surface area (Å²) >= 11 is 0. The molecule has 3 rings (SSSR count). The third-order valence-electron chi connectivity index (χ3n) is 4.60. The van der Waals surface area contributed by atoms with Gasteiger partial charge >= 0.3 is 0 Å². The number of hydrogen-bond donors (Lipinski definition) is 1. The number of piperazine rings is 1. The summed E-state index contributed by atoms with van der Waals surface area (Å²) in [6.45, 7) is 6.34. The average Bonchev–Trinajstić information content (AvgIpc) is 2.34. The molecule has 3 nitrogen and oxygen atoms in total. The Hall–Kier alpha value is -0.970. The molecule has 1 aromatic carbocycles. The van der Waals surface area contributed by atoms with Crippen molar-refractivity contribution >= 4 is 0 Å². The van der Waals surface area contributed by atoms with Gasteiger partial charge in [0.2, 0.25) is 0 Å². The van der Waals surface area contributed by atoms with Gasteiger partial charge < -0.3 is 10.1 Å². The number of ether oxygens (including phenoxy) is 1. The summed E-state index contributed by atoms with van der Waals surface area (Å²) in [6, 6.07) is 5.91. The fourth-order valence-electron chi connectivity index (χ4n) is 3.25. The molecule has 0 saturated carbocycles. The first kappa shape index (κ1) is 13.0. The lowest BCUT2D eigenvalue weighted by Crippen LogP contribution is -2.66. The van der Waals surface area contributed by atoms with Crippen LogP contribution in [-0.4, -0.2) is 50.8 Å². The van der Waals surface area contributed by atoms with Crippen LogP contribution in [0.1, 0.15) is 11.1 Å². The summed E-state index contributed by atoms with van der Waals surface area (Å²) < 4.78 is 19.0. The van der Waals surface area contributed by atoms with E-state index in [1.165, 1.54) is 5.56 Å². The molecule has 1 unspecified atom stereocenters. The van der Waals surface area contributed by atoms with Crippen molar-refractivity contribution in [3.63, 3.8) is 0 Å². The fraction of sp³-hybridized carbons (Fsp3) is 0.600. The second-order valence-electron chi connectivity index (χ2n) is 5.81. The molecule has 1 N–H and O–H groups in total. The molecule has 2 heterocycles. The lowest BCUT2D eigenvalue weighted by atomic mass is 9.71. The Bertz CT molecular complexity index is 473. The summed E-state index contributed by atoms with van der Waals surface area (Å²) in [4.78, 5) is 2.40. The van der Waals surface area contributed by atoms with E-state index in [0.717, 1.165) is 38.4 Å². The topological polar surface area (TPSA) is 24.5 Å². The minimum Gasteiger partial charge on any atom is -0.379 e. The van der Waals surface area contributed by atoms with E-state index in [0.29, 0.717) is 6.04 Å². The van der Waals surface area contributed by atoms with Crippen molar-refractivity contribution in [1.82, 2.24) is 10.2 Å². The lowest BCUT2D eigenvalue weighted by molar-refractivity contribution is -0.103. The van der Waals surface area contributed by atoms with E-state index in [-0.39, 0.29) is 11.2 Å². The van der Waals surface area contributed by atoms with E-state index >= 15 is 0 Å². The predicted molar refractivity (Wildman–Crippen MR) is 72.9 cm³/mol. The van der Waals surface area contributed by atoms with E-state index < -0.39 is 0 Å². The summed E-state index contributed by atoms with van der Waals surface area (Å²) in [5, 5.41) is 3.46. The molecule has 104 valence electrons. The molecule has 2 saturated heterocycles. The van der Waals surface area contributed by atoms with Crippen LogP contribution in [0.3, 0.4) is 0 Å². The van der Waals surface area contributed by atoms with Gasteiger partial charge in [0.25, 0.3) is 0 Å². The van der Waals surface area contributed by atoms with Gasteiger partial charge in [-0.15, -0.1) is 0 Å². The van der Waals surface area contributed by atoms with Crippen molar-refractivity contribution in [1.29, 1.82) is 0 Å². The Kier molecular flexibility index (Phi) is 3.33. The molecule has 1 aromatic rings. The highest BCUT2D eigenvalue weighted by Crippen LogP contribution is 2.38. The Morgan fingerprint density at radius 2 is 2.21 bits per heavy atom. The molecule has 19 heavy (non-hydrogen) atoms. The number of halogens is 1. The van der Waals surface area contributed by atoms with Crippen LogP contribution in [0.5, 0.6) is 0 Å². The molecule has 0 aliphatic carbocycles. The smallest absolute Gasteiger partial charge is 0.126 e. The summed E-state index contributed by atoms with van der Waals surface area (Å²) in [7, 11) is 2.17. The quantitative estimate of drug-likeness (QED) is 0.871. The second kappa shape index (κ2) is 4.85. The van der Waals surface area contributed by atoms with Crippen molar-refractivity contribution < 1.29 is 9.13 Å². The van der Waals surface area contributed by atoms with Crippen molar-refractivity contribution in [3.05, 3.63) is 35.1 Å². The molecule has 0 radical (unpaired) electrons. The highest BCUT2D eigenvalue weighted by atomic mass is 19.1. The number of aryl methyl sites for hydroxylation is 1. The summed E-state index contributed by atoms with van der Waals surface area (Å²) in [6.07, 6.45) is 0. The van der Waals surface area contributed by atoms with Crippen LogP contribution in [-0.2, 0) is 10.2 Å². The van der Waals surface area contributed by atoms with Gasteiger partial charge in [-0.25, -0.2) is 4.39 Å². The van der Waals surface area contributed by atoms with Gasteiger partial charge in [-0.05, 0) is 31.2 Å². The Labute approximate surface area is 113 Å². The van der Waals surface area contributed by atoms with Gasteiger partial charge in [0.1, 0.15) is 5.82 Å². The van der Waals surface area contributed by atoms with Crippen LogP contribution >= 0.6 is 0 Å². The average molecular weight is 264 g/mol. The maximum absolute atomic E-state index is 13.5. The molecule has 0 spiro atoms. The van der Waals surface area contributed by atoms with Crippen LogP contribution in [0, 0.1) is 12.7 Å². The van der Waals surface area contributed by atoms with Gasteiger partial charge in [-0.3, -0.25) is 4.90 Å². The molecule has 2 fully saturated rings. The standard InChI is InChI=1S/C15H21FN2O/c1-11-7-12(3-4-13(11)16)15(9-19-10-15)14-8-17-5-6-18(14)2/h3-4,7,14,17H,5-6,8-10H2,1-2H3. The second-order valence-corrected chi connectivity index (χ2v) is 5.81. The number of hydrogen-bond acceptors (Lipinski definition) is 3. The number of rotatable bonds is 2. The minimum atomic E-state index is -0.130. The van der Waals surface area contributed by atoms with Crippen LogP contribution in [0.25, 0.3) is 0 Å². The molecule has 2 aliphatic heterocycles. The molecule has 1 atom stereocenters. The lowest BCUT2D eigenvalue weighted by Gasteiger charge is -2.52. The van der Waals surface area contributed by atoms with Gasteiger partial charge in [0, 0.05) is 25.7 Å². The predicted octanol–water partition coefficient (Wildman–Crippen LogP) is 1.31. The van der Waals surface area contributed by atoms with Crippen LogP contribution < -0.4 is 5.32 Å². The zero-order valence-corrected chi connectivity index (χ0v) is 11.6. The fourth-order valence-corrected chi connectivity index (χ4v) is 3.25. The van der Waals surface area contributed by atoms with E-state index in [2.05, 4.69) is 17.3 Å². The molecule has 2 aliphatic rings. The SMILES string of the molecule is Cc1cc(C2(C3CNCCN3C)COC2)ccc1F. The maximum Gasteiger partial charge on any atom is 0.126 e. The highest BCUT2D eigenvalue weighted by Gasteiger charge is 2.49. The van der Waals surface area contributed by atoms with E-state index in [1.54, 1.807) is 6.07 Å². The summed E-state index contributed by atoms with van der Waals surface area (Å²) in [5.41, 5.74) is 1.94. The highest BCUT2D eigenvalue weighted by molar-refractivity contribution is 5.35.